The molecular weight excluding hydrogens is 348 g/mol. The van der Waals surface area contributed by atoms with Crippen molar-refractivity contribution in [1.82, 2.24) is 0 Å². The molecule has 0 saturated carbocycles. The van der Waals surface area contributed by atoms with Gasteiger partial charge in [-0.25, -0.2) is 0 Å². The van der Waals surface area contributed by atoms with Crippen LogP contribution in [0.15, 0.2) is 48.5 Å². The van der Waals surface area contributed by atoms with Gasteiger partial charge in [-0.3, -0.25) is 0 Å². The quantitative estimate of drug-likeness (QED) is 0.535. The lowest BCUT2D eigenvalue weighted by atomic mass is 10.0. The molecule has 0 radical (unpaired) electrons. The van der Waals surface area contributed by atoms with Gasteiger partial charge >= 0.3 is 0 Å². The summed E-state index contributed by atoms with van der Waals surface area (Å²) >= 11 is 3.75. The van der Waals surface area contributed by atoms with Crippen LogP contribution in [-0.2, 0) is 17.9 Å². The fraction of sp³-hybridized carbons (Fsp3) is 0.429. The predicted molar refractivity (Wildman–Crippen MR) is 111 cm³/mol. The molecule has 0 saturated heterocycles. The summed E-state index contributed by atoms with van der Waals surface area (Å²) in [5.74, 6) is 4.07. The molecule has 2 nitrogen and oxygen atoms in total. The predicted octanol–water partition coefficient (Wildman–Crippen LogP) is 4.51. The van der Waals surface area contributed by atoms with E-state index in [1.807, 2.05) is 23.5 Å². The second-order valence-electron chi connectivity index (χ2n) is 6.07. The summed E-state index contributed by atoms with van der Waals surface area (Å²) in [4.78, 5) is 0. The molecule has 0 aliphatic rings. The van der Waals surface area contributed by atoms with E-state index in [1.165, 1.54) is 22.3 Å². The highest BCUT2D eigenvalue weighted by molar-refractivity contribution is 7.98. The molecule has 0 spiro atoms. The van der Waals surface area contributed by atoms with Crippen LogP contribution >= 0.6 is 23.5 Å². The van der Waals surface area contributed by atoms with Crippen molar-refractivity contribution in [3.63, 3.8) is 0 Å². The summed E-state index contributed by atoms with van der Waals surface area (Å²) in [6, 6.07) is 17.8. The molecule has 0 atom stereocenters. The Hall–Kier alpha value is -0.940. The van der Waals surface area contributed by atoms with Crippen LogP contribution in [0.2, 0.25) is 0 Å². The van der Waals surface area contributed by atoms with Crippen molar-refractivity contribution >= 4 is 23.5 Å². The molecule has 2 rings (SSSR count). The zero-order chi connectivity index (χ0) is 17.7. The monoisotopic (exact) mass is 376 g/mol. The maximum Gasteiger partial charge on any atom is 0.0438 e. The highest BCUT2D eigenvalue weighted by Crippen LogP contribution is 2.18. The molecular formula is C21H28O2S2. The fourth-order valence-electron chi connectivity index (χ4n) is 2.46. The van der Waals surface area contributed by atoms with Gasteiger partial charge in [0.25, 0.3) is 0 Å². The lowest BCUT2D eigenvalue weighted by molar-refractivity contribution is 0.296. The first-order valence-corrected chi connectivity index (χ1v) is 11.2. The number of thioether (sulfide) groups is 2. The minimum atomic E-state index is 0.284. The maximum absolute atomic E-state index is 8.80. The Kier molecular flexibility index (Phi) is 10.1. The number of benzene rings is 2. The van der Waals surface area contributed by atoms with Crippen LogP contribution in [0.1, 0.15) is 35.1 Å². The van der Waals surface area contributed by atoms with E-state index in [0.717, 1.165) is 42.3 Å². The summed E-state index contributed by atoms with van der Waals surface area (Å²) in [5.41, 5.74) is 5.38. The summed E-state index contributed by atoms with van der Waals surface area (Å²) in [7, 11) is 0. The van der Waals surface area contributed by atoms with Gasteiger partial charge in [0.15, 0.2) is 0 Å². The lowest BCUT2D eigenvalue weighted by Crippen LogP contribution is -1.91. The standard InChI is InChI=1S/C21H28O2S2/c22-11-1-13-24-16-20-7-3-18(4-8-20)15-19-5-9-21(10-6-19)17-25-14-2-12-23/h3-10,22-23H,1-2,11-17H2. The Morgan fingerprint density at radius 3 is 1.28 bits per heavy atom. The molecule has 136 valence electrons. The van der Waals surface area contributed by atoms with Gasteiger partial charge in [-0.2, -0.15) is 23.5 Å². The second-order valence-corrected chi connectivity index (χ2v) is 8.28. The van der Waals surface area contributed by atoms with Crippen LogP contribution in [0.5, 0.6) is 0 Å². The Balaban J connectivity index is 1.77. The Labute approximate surface area is 160 Å². The number of hydrogen-bond donors (Lipinski definition) is 2. The van der Waals surface area contributed by atoms with Crippen molar-refractivity contribution in [2.24, 2.45) is 0 Å². The van der Waals surface area contributed by atoms with Gasteiger partial charge in [0.05, 0.1) is 0 Å². The zero-order valence-corrected chi connectivity index (χ0v) is 16.3. The molecule has 0 aliphatic heterocycles. The highest BCUT2D eigenvalue weighted by Gasteiger charge is 2.00. The van der Waals surface area contributed by atoms with Crippen molar-refractivity contribution in [3.05, 3.63) is 70.8 Å². The highest BCUT2D eigenvalue weighted by atomic mass is 32.2. The number of hydrogen-bond acceptors (Lipinski definition) is 4. The van der Waals surface area contributed by atoms with E-state index < -0.39 is 0 Å². The average Bonchev–Trinajstić information content (AvgIpc) is 2.65. The SMILES string of the molecule is OCCCSCc1ccc(Cc2ccc(CSCCCO)cc2)cc1. The van der Waals surface area contributed by atoms with Gasteiger partial charge in [-0.1, -0.05) is 48.5 Å². The van der Waals surface area contributed by atoms with E-state index in [0.29, 0.717) is 0 Å². The van der Waals surface area contributed by atoms with Crippen LogP contribution in [0.3, 0.4) is 0 Å². The van der Waals surface area contributed by atoms with Crippen LogP contribution < -0.4 is 0 Å². The molecule has 0 aliphatic carbocycles. The molecule has 2 aromatic rings. The molecule has 0 aromatic heterocycles. The third-order valence-corrected chi connectivity index (χ3v) is 6.11. The minimum Gasteiger partial charge on any atom is -0.396 e. The molecule has 2 N–H and O–H groups in total. The number of aliphatic hydroxyl groups is 2. The van der Waals surface area contributed by atoms with Gasteiger partial charge in [-0.05, 0) is 53.0 Å². The second kappa shape index (κ2) is 12.4. The Bertz CT molecular complexity index is 528. The van der Waals surface area contributed by atoms with Crippen molar-refractivity contribution in [1.29, 1.82) is 0 Å². The summed E-state index contributed by atoms with van der Waals surface area (Å²) in [6.07, 6.45) is 2.72. The molecule has 0 fully saturated rings. The Morgan fingerprint density at radius 1 is 0.560 bits per heavy atom. The van der Waals surface area contributed by atoms with E-state index in [2.05, 4.69) is 48.5 Å². The van der Waals surface area contributed by atoms with Gasteiger partial charge in [0, 0.05) is 24.7 Å². The van der Waals surface area contributed by atoms with Gasteiger partial charge in [-0.15, -0.1) is 0 Å². The largest absolute Gasteiger partial charge is 0.396 e. The average molecular weight is 377 g/mol. The first-order chi connectivity index (χ1) is 12.3. The maximum atomic E-state index is 8.80. The zero-order valence-electron chi connectivity index (χ0n) is 14.7. The van der Waals surface area contributed by atoms with E-state index >= 15 is 0 Å². The van der Waals surface area contributed by atoms with Crippen LogP contribution in [0.4, 0.5) is 0 Å². The van der Waals surface area contributed by atoms with Crippen molar-refractivity contribution < 1.29 is 10.2 Å². The van der Waals surface area contributed by atoms with E-state index in [9.17, 15) is 0 Å². The molecule has 25 heavy (non-hydrogen) atoms. The topological polar surface area (TPSA) is 40.5 Å². The molecule has 2 aromatic carbocycles. The summed E-state index contributed by atoms with van der Waals surface area (Å²) < 4.78 is 0. The molecule has 4 heteroatoms. The molecule has 0 unspecified atom stereocenters. The van der Waals surface area contributed by atoms with E-state index in [4.69, 9.17) is 10.2 Å². The molecule has 0 bridgehead atoms. The minimum absolute atomic E-state index is 0.284. The fourth-order valence-corrected chi connectivity index (χ4v) is 4.27. The third kappa shape index (κ3) is 8.32. The Morgan fingerprint density at radius 2 is 0.920 bits per heavy atom. The lowest BCUT2D eigenvalue weighted by Gasteiger charge is -2.06. The molecule has 0 heterocycles. The first kappa shape index (κ1) is 20.4. The van der Waals surface area contributed by atoms with E-state index in [1.54, 1.807) is 0 Å². The third-order valence-electron chi connectivity index (χ3n) is 3.89. The number of rotatable bonds is 12. The van der Waals surface area contributed by atoms with Crippen LogP contribution in [-0.4, -0.2) is 34.9 Å². The van der Waals surface area contributed by atoms with Gasteiger partial charge in [0.1, 0.15) is 0 Å². The van der Waals surface area contributed by atoms with Gasteiger partial charge in [0.2, 0.25) is 0 Å². The van der Waals surface area contributed by atoms with Gasteiger partial charge < -0.3 is 10.2 Å². The first-order valence-electron chi connectivity index (χ1n) is 8.84. The van der Waals surface area contributed by atoms with Crippen molar-refractivity contribution in [2.45, 2.75) is 30.8 Å². The normalized spacial score (nSPS) is 11.0. The summed E-state index contributed by atoms with van der Waals surface area (Å²) in [6.45, 7) is 0.568. The summed E-state index contributed by atoms with van der Waals surface area (Å²) in [5, 5.41) is 17.6. The molecule has 0 amide bonds. The smallest absolute Gasteiger partial charge is 0.0438 e. The van der Waals surface area contributed by atoms with E-state index in [-0.39, 0.29) is 13.2 Å². The van der Waals surface area contributed by atoms with Crippen LogP contribution in [0.25, 0.3) is 0 Å². The van der Waals surface area contributed by atoms with Crippen molar-refractivity contribution in [2.75, 3.05) is 24.7 Å². The number of aliphatic hydroxyl groups excluding tert-OH is 2. The van der Waals surface area contributed by atoms with Crippen molar-refractivity contribution in [3.8, 4) is 0 Å². The van der Waals surface area contributed by atoms with Crippen LogP contribution in [0, 0.1) is 0 Å².